The van der Waals surface area contributed by atoms with E-state index in [1.807, 2.05) is 6.92 Å². The molecule has 0 bridgehead atoms. The summed E-state index contributed by atoms with van der Waals surface area (Å²) in [5.41, 5.74) is -0.236. The van der Waals surface area contributed by atoms with Crippen molar-refractivity contribution in [3.8, 4) is 6.07 Å². The number of carbonyl (C=O) groups is 2. The Balaban J connectivity index is 4.09. The van der Waals surface area contributed by atoms with Crippen LogP contribution in [-0.4, -0.2) is 24.6 Å². The summed E-state index contributed by atoms with van der Waals surface area (Å²) in [7, 11) is 0. The molecule has 1 atom stereocenters. The van der Waals surface area contributed by atoms with Crippen molar-refractivity contribution in [2.45, 2.75) is 39.2 Å². The van der Waals surface area contributed by atoms with Crippen molar-refractivity contribution in [1.29, 1.82) is 5.26 Å². The maximum Gasteiger partial charge on any atom is 0.348 e. The predicted octanol–water partition coefficient (Wildman–Crippen LogP) is 1.73. The van der Waals surface area contributed by atoms with Crippen molar-refractivity contribution in [2.24, 2.45) is 0 Å². The van der Waals surface area contributed by atoms with E-state index in [0.717, 1.165) is 0 Å². The van der Waals surface area contributed by atoms with Crippen LogP contribution in [0.5, 0.6) is 0 Å². The maximum atomic E-state index is 11.3. The van der Waals surface area contributed by atoms with Crippen molar-refractivity contribution in [2.75, 3.05) is 6.61 Å². The van der Waals surface area contributed by atoms with Gasteiger partial charge in [-0.25, -0.2) is 4.79 Å². The SMILES string of the molecule is C=C(C#N)C(=O)OC(CC)CCC(=O)OCC. The Hall–Kier alpha value is -1.83. The first-order valence-corrected chi connectivity index (χ1v) is 5.50. The smallest absolute Gasteiger partial charge is 0.348 e. The second kappa shape index (κ2) is 8.34. The summed E-state index contributed by atoms with van der Waals surface area (Å²) in [5, 5.41) is 8.45. The fourth-order valence-corrected chi connectivity index (χ4v) is 1.13. The number of hydrogen-bond donors (Lipinski definition) is 0. The van der Waals surface area contributed by atoms with Crippen molar-refractivity contribution in [3.05, 3.63) is 12.2 Å². The lowest BCUT2D eigenvalue weighted by molar-refractivity contribution is -0.148. The minimum absolute atomic E-state index is 0.193. The monoisotopic (exact) mass is 239 g/mol. The third-order valence-electron chi connectivity index (χ3n) is 2.09. The van der Waals surface area contributed by atoms with E-state index in [0.29, 0.717) is 19.4 Å². The molecule has 94 valence electrons. The Labute approximate surface area is 101 Å². The first kappa shape index (κ1) is 15.2. The van der Waals surface area contributed by atoms with Crippen LogP contribution in [0.25, 0.3) is 0 Å². The minimum atomic E-state index is -0.733. The number of nitrogens with zero attached hydrogens (tertiary/aromatic N) is 1. The molecule has 5 heteroatoms. The van der Waals surface area contributed by atoms with Crippen LogP contribution in [0.1, 0.15) is 33.1 Å². The minimum Gasteiger partial charge on any atom is -0.466 e. The molecule has 17 heavy (non-hydrogen) atoms. The molecule has 0 saturated carbocycles. The van der Waals surface area contributed by atoms with Crippen LogP contribution < -0.4 is 0 Å². The van der Waals surface area contributed by atoms with Gasteiger partial charge < -0.3 is 9.47 Å². The third-order valence-corrected chi connectivity index (χ3v) is 2.09. The van der Waals surface area contributed by atoms with E-state index in [1.54, 1.807) is 13.0 Å². The van der Waals surface area contributed by atoms with Gasteiger partial charge in [0.25, 0.3) is 0 Å². The molecule has 0 radical (unpaired) electrons. The molecule has 0 fully saturated rings. The molecule has 0 N–H and O–H groups in total. The van der Waals surface area contributed by atoms with E-state index in [9.17, 15) is 9.59 Å². The van der Waals surface area contributed by atoms with E-state index < -0.39 is 12.1 Å². The van der Waals surface area contributed by atoms with Gasteiger partial charge in [0.15, 0.2) is 0 Å². The van der Waals surface area contributed by atoms with E-state index in [2.05, 4.69) is 6.58 Å². The van der Waals surface area contributed by atoms with Crippen LogP contribution in [-0.2, 0) is 19.1 Å². The van der Waals surface area contributed by atoms with Crippen LogP contribution in [0, 0.1) is 11.3 Å². The Morgan fingerprint density at radius 2 is 2.06 bits per heavy atom. The van der Waals surface area contributed by atoms with Crippen LogP contribution in [0.4, 0.5) is 0 Å². The van der Waals surface area contributed by atoms with Gasteiger partial charge in [-0.2, -0.15) is 5.26 Å². The highest BCUT2D eigenvalue weighted by molar-refractivity contribution is 5.92. The molecule has 0 saturated heterocycles. The third kappa shape index (κ3) is 6.36. The van der Waals surface area contributed by atoms with E-state index >= 15 is 0 Å². The van der Waals surface area contributed by atoms with Crippen molar-refractivity contribution in [3.63, 3.8) is 0 Å². The first-order valence-electron chi connectivity index (χ1n) is 5.50. The van der Waals surface area contributed by atoms with E-state index in [1.165, 1.54) is 0 Å². The molecule has 0 amide bonds. The molecule has 0 heterocycles. The number of hydrogen-bond acceptors (Lipinski definition) is 5. The molecule has 1 unspecified atom stereocenters. The summed E-state index contributed by atoms with van der Waals surface area (Å²) in [6.45, 7) is 7.15. The molecular weight excluding hydrogens is 222 g/mol. The molecule has 0 aliphatic heterocycles. The summed E-state index contributed by atoms with van der Waals surface area (Å²) in [6, 6.07) is 1.62. The number of esters is 2. The Morgan fingerprint density at radius 3 is 2.53 bits per heavy atom. The summed E-state index contributed by atoms with van der Waals surface area (Å²) in [6.07, 6.45) is 0.763. The van der Waals surface area contributed by atoms with Crippen LogP contribution in [0.3, 0.4) is 0 Å². The van der Waals surface area contributed by atoms with Gasteiger partial charge >= 0.3 is 11.9 Å². The molecule has 0 aromatic rings. The molecule has 0 rings (SSSR count). The average molecular weight is 239 g/mol. The van der Waals surface area contributed by atoms with Gasteiger partial charge in [-0.05, 0) is 19.8 Å². The maximum absolute atomic E-state index is 11.3. The topological polar surface area (TPSA) is 76.4 Å². The van der Waals surface area contributed by atoms with Crippen molar-refractivity contribution in [1.82, 2.24) is 0 Å². The van der Waals surface area contributed by atoms with Gasteiger partial charge in [0.2, 0.25) is 0 Å². The van der Waals surface area contributed by atoms with Crippen molar-refractivity contribution >= 4 is 11.9 Å². The van der Waals surface area contributed by atoms with Gasteiger partial charge in [0, 0.05) is 6.42 Å². The Kier molecular flexibility index (Phi) is 7.44. The van der Waals surface area contributed by atoms with E-state index in [-0.39, 0.29) is 18.0 Å². The number of ether oxygens (including phenoxy) is 2. The lowest BCUT2D eigenvalue weighted by Gasteiger charge is -2.14. The average Bonchev–Trinajstić information content (AvgIpc) is 2.33. The van der Waals surface area contributed by atoms with Gasteiger partial charge in [-0.3, -0.25) is 4.79 Å². The van der Waals surface area contributed by atoms with Crippen LogP contribution in [0.15, 0.2) is 12.2 Å². The first-order chi connectivity index (χ1) is 8.04. The lowest BCUT2D eigenvalue weighted by Crippen LogP contribution is -2.19. The second-order valence-electron chi connectivity index (χ2n) is 3.37. The van der Waals surface area contributed by atoms with Gasteiger partial charge in [0.05, 0.1) is 6.61 Å². The molecule has 0 aromatic heterocycles. The largest absolute Gasteiger partial charge is 0.466 e. The normalized spacial score (nSPS) is 11.1. The summed E-state index contributed by atoms with van der Waals surface area (Å²) >= 11 is 0. The highest BCUT2D eigenvalue weighted by Gasteiger charge is 2.16. The fraction of sp³-hybridized carbons (Fsp3) is 0.583. The van der Waals surface area contributed by atoms with Gasteiger partial charge in [0.1, 0.15) is 17.7 Å². The summed E-state index contributed by atoms with van der Waals surface area (Å²) in [4.78, 5) is 22.4. The lowest BCUT2D eigenvalue weighted by atomic mass is 10.1. The highest BCUT2D eigenvalue weighted by atomic mass is 16.5. The molecule has 0 spiro atoms. The van der Waals surface area contributed by atoms with Crippen LogP contribution >= 0.6 is 0 Å². The number of nitriles is 1. The van der Waals surface area contributed by atoms with Crippen LogP contribution in [0.2, 0.25) is 0 Å². The Bertz CT molecular complexity index is 330. The fourth-order valence-electron chi connectivity index (χ4n) is 1.13. The van der Waals surface area contributed by atoms with Gasteiger partial charge in [-0.15, -0.1) is 0 Å². The van der Waals surface area contributed by atoms with E-state index in [4.69, 9.17) is 14.7 Å². The summed E-state index contributed by atoms with van der Waals surface area (Å²) in [5.74, 6) is -1.05. The molecule has 0 aromatic carbocycles. The highest BCUT2D eigenvalue weighted by Crippen LogP contribution is 2.10. The summed E-state index contributed by atoms with van der Waals surface area (Å²) < 4.78 is 9.77. The zero-order valence-electron chi connectivity index (χ0n) is 10.2. The predicted molar refractivity (Wildman–Crippen MR) is 60.8 cm³/mol. The quantitative estimate of drug-likeness (QED) is 0.384. The van der Waals surface area contributed by atoms with Crippen molar-refractivity contribution < 1.29 is 19.1 Å². The zero-order chi connectivity index (χ0) is 13.3. The molecule has 0 aliphatic carbocycles. The second-order valence-corrected chi connectivity index (χ2v) is 3.37. The molecular formula is C12H17NO4. The van der Waals surface area contributed by atoms with Gasteiger partial charge in [-0.1, -0.05) is 13.5 Å². The Morgan fingerprint density at radius 1 is 1.41 bits per heavy atom. The molecule has 5 nitrogen and oxygen atoms in total. The standard InChI is InChI=1S/C12H17NO4/c1-4-10(6-7-11(14)16-5-2)17-12(15)9(3)8-13/h10H,3-7H2,1-2H3. The molecule has 0 aliphatic rings. The number of carbonyl (C=O) groups excluding carboxylic acids is 2. The zero-order valence-corrected chi connectivity index (χ0v) is 10.2. The number of rotatable bonds is 7.